The Morgan fingerprint density at radius 1 is 0.369 bits per heavy atom. The molecule has 734 valence electrons. The Kier molecular flexibility index (Phi) is 31.9. The van der Waals surface area contributed by atoms with Gasteiger partial charge in [-0.05, 0) is 321 Å². The van der Waals surface area contributed by atoms with E-state index < -0.39 is 113 Å². The van der Waals surface area contributed by atoms with Crippen LogP contribution < -0.4 is 0 Å². The second-order valence-corrected chi connectivity index (χ2v) is 48.5. The maximum Gasteiger partial charge on any atom is 0.333 e. The maximum atomic E-state index is 12.5. The number of ether oxygens (including phenoxy) is 10. The molecule has 2 heterocycles. The zero-order valence-electron chi connectivity index (χ0n) is 78.3. The van der Waals surface area contributed by atoms with Crippen molar-refractivity contribution in [3.63, 3.8) is 0 Å². The second kappa shape index (κ2) is 39.8. The van der Waals surface area contributed by atoms with Crippen molar-refractivity contribution in [3.8, 4) is 0 Å². The van der Waals surface area contributed by atoms with E-state index in [4.69, 9.17) is 55.7 Å². The summed E-state index contributed by atoms with van der Waals surface area (Å²) in [5.41, 5.74) is -2.36. The van der Waals surface area contributed by atoms with Gasteiger partial charge in [-0.3, -0.25) is 41.9 Å². The van der Waals surface area contributed by atoms with E-state index >= 15 is 0 Å². The SMILES string of the molecule is C.C.C=C(C)C(=O)OC1(C)C2CC3CC(C2)CC1C3.C=C(C)C(=O)OC12CC3CC(CC(O)(C3)C1)C2.C=C(C)C(=O)OCCOC(=O)CCC(=O)OC1C2CC3C1OS(=O)(=O)C3C2.CCC(C)(C)C(=O)OC1(C)C2CC3CC(C2)CC1C3.CCC(C)(C)C(=O)OC12CC3CC(CC(O)(C3)C1)C2.CCC(C)(C)C(=O)OCCOC(=O)CCC(=O)OC1C2CC3C1OS(=O)(=O)C3C2. The summed E-state index contributed by atoms with van der Waals surface area (Å²) in [7, 11) is -7.11. The van der Waals surface area contributed by atoms with Gasteiger partial charge in [0.1, 0.15) is 73.2 Å². The van der Waals surface area contributed by atoms with Crippen molar-refractivity contribution in [1.82, 2.24) is 0 Å². The summed E-state index contributed by atoms with van der Waals surface area (Å²) in [6, 6.07) is 0. The van der Waals surface area contributed by atoms with Gasteiger partial charge in [0.05, 0.1) is 63.6 Å². The Morgan fingerprint density at radius 2 is 0.669 bits per heavy atom. The highest BCUT2D eigenvalue weighted by molar-refractivity contribution is 7.88. The van der Waals surface area contributed by atoms with Crippen LogP contribution in [0.2, 0.25) is 0 Å². The largest absolute Gasteiger partial charge is 0.462 e. The summed E-state index contributed by atoms with van der Waals surface area (Å²) in [5, 5.41) is 20.2. The molecule has 0 spiro atoms. The van der Waals surface area contributed by atoms with Gasteiger partial charge >= 0.3 is 59.7 Å². The number of rotatable bonds is 27. The fourth-order valence-electron chi connectivity index (χ4n) is 26.7. The zero-order chi connectivity index (χ0) is 93.4. The molecule has 14 unspecified atom stereocenters. The van der Waals surface area contributed by atoms with Gasteiger partial charge in [0.2, 0.25) is 0 Å². The van der Waals surface area contributed by atoms with E-state index in [1.165, 1.54) is 84.0 Å². The van der Waals surface area contributed by atoms with E-state index in [1.807, 2.05) is 41.5 Å². The molecule has 2 N–H and O–H groups in total. The molecule has 22 rings (SSSR count). The van der Waals surface area contributed by atoms with Gasteiger partial charge in [-0.2, -0.15) is 16.8 Å². The summed E-state index contributed by atoms with van der Waals surface area (Å²) in [5.74, 6) is 4.21. The molecule has 0 amide bonds. The molecular formula is C100H154O28S2. The lowest BCUT2D eigenvalue weighted by Gasteiger charge is -2.59. The van der Waals surface area contributed by atoms with Gasteiger partial charge in [0.25, 0.3) is 20.2 Å². The molecule has 20 bridgehead atoms. The summed E-state index contributed by atoms with van der Waals surface area (Å²) < 4.78 is 112. The third kappa shape index (κ3) is 22.8. The zero-order valence-corrected chi connectivity index (χ0v) is 79.9. The lowest BCUT2D eigenvalue weighted by atomic mass is 9.50. The summed E-state index contributed by atoms with van der Waals surface area (Å²) >= 11 is 0. The highest BCUT2D eigenvalue weighted by Gasteiger charge is 2.68. The van der Waals surface area contributed by atoms with Crippen molar-refractivity contribution >= 4 is 79.9 Å². The molecule has 130 heavy (non-hydrogen) atoms. The Labute approximate surface area is 772 Å². The van der Waals surface area contributed by atoms with E-state index in [9.17, 15) is 75.0 Å². The van der Waals surface area contributed by atoms with Crippen molar-refractivity contribution < 1.29 is 131 Å². The number of carbonyl (C=O) groups is 10. The number of aliphatic hydroxyl groups is 2. The van der Waals surface area contributed by atoms with Crippen LogP contribution >= 0.6 is 0 Å². The van der Waals surface area contributed by atoms with Crippen molar-refractivity contribution in [2.75, 3.05) is 26.4 Å². The standard InChI is InChI=1S/C19H28O9S.C17H22O9S.C17H28O2.C16H26O3.C15H22O2.C14H20O3.2CH4/c1-4-19(2,3)18(22)26-8-7-25-14(20)5-6-15(21)27-16-11-9-12-13(10-11)29(23,24)28-17(12)16;1-9(2)17(20)24-6-5-23-13(18)3-4-14(19)25-15-10-7-11-12(8-10)27(21,22)26-16(11)15;1-5-16(2,3)15(18)19-17(4)13-7-11-6-12(9-13)10-14(17)8-11;1-4-14(2,3)13(17)19-16-8-11-5-12(9-16)7-15(18,6-11)10-16;1-9(2)14(16)17-15(3)12-5-10-4-11(7-12)8-13(15)6-10;1-9(2)12(15)17-14-6-10-3-11(7-14)5-13(16,4-10)8-14;;/h11-13,16-17H,4-10H2,1-3H3;10-12,15-16H,1,3-8H2,2H3;11-14H,5-10H2,1-4H3;11-12,18H,4-10H2,1-3H3;10-13H,1,4-8H2,2-3H3;10-11,16H,1,3-8H2,2H3;2*1H4. The quantitative estimate of drug-likeness (QED) is 0.0253. The first kappa shape index (κ1) is 104. The second-order valence-electron chi connectivity index (χ2n) is 44.9. The highest BCUT2D eigenvalue weighted by Crippen LogP contribution is 2.65. The molecule has 0 radical (unpaired) electrons. The molecular weight excluding hydrogens is 1710 g/mol. The highest BCUT2D eigenvalue weighted by atomic mass is 32.2. The van der Waals surface area contributed by atoms with Crippen LogP contribution in [0.3, 0.4) is 0 Å². The molecule has 22 fully saturated rings. The van der Waals surface area contributed by atoms with Crippen molar-refractivity contribution in [2.45, 2.75) is 392 Å². The van der Waals surface area contributed by atoms with E-state index in [0.29, 0.717) is 103 Å². The smallest absolute Gasteiger partial charge is 0.333 e. The lowest BCUT2D eigenvalue weighted by Crippen LogP contribution is -2.61. The molecule has 22 aliphatic rings. The van der Waals surface area contributed by atoms with Gasteiger partial charge in [-0.1, -0.05) is 55.4 Å². The van der Waals surface area contributed by atoms with Crippen molar-refractivity contribution in [3.05, 3.63) is 36.5 Å². The van der Waals surface area contributed by atoms with Gasteiger partial charge in [-0.15, -0.1) is 0 Å². The fourth-order valence-corrected chi connectivity index (χ4v) is 30.5. The fraction of sp³-hybridized carbons (Fsp3) is 0.840. The Bertz CT molecular complexity index is 4390. The first-order valence-corrected chi connectivity index (χ1v) is 50.9. The normalized spacial score (nSPS) is 39.0. The minimum absolute atomic E-state index is 0. The van der Waals surface area contributed by atoms with Gasteiger partial charge in [-0.25, -0.2) is 14.4 Å². The van der Waals surface area contributed by atoms with Crippen LogP contribution in [0, 0.1) is 111 Å². The predicted molar refractivity (Wildman–Crippen MR) is 480 cm³/mol. The molecule has 30 heteroatoms. The van der Waals surface area contributed by atoms with Gasteiger partial charge in [0.15, 0.2) is 0 Å². The number of fused-ring (bicyclic) bond motifs is 2. The van der Waals surface area contributed by atoms with Crippen LogP contribution in [0.4, 0.5) is 0 Å². The minimum Gasteiger partial charge on any atom is -0.462 e. The van der Waals surface area contributed by atoms with Crippen LogP contribution in [-0.2, 0) is 124 Å². The third-order valence-corrected chi connectivity index (χ3v) is 37.2. The molecule has 0 aromatic carbocycles. The Hall–Kier alpha value is -6.34. The predicted octanol–water partition coefficient (Wildman–Crippen LogP) is 15.8. The van der Waals surface area contributed by atoms with Crippen LogP contribution in [0.5, 0.6) is 0 Å². The van der Waals surface area contributed by atoms with E-state index in [0.717, 1.165) is 87.9 Å². The molecule has 0 aromatic rings. The molecule has 20 aliphatic carbocycles. The molecule has 20 saturated carbocycles. The van der Waals surface area contributed by atoms with E-state index in [2.05, 4.69) is 40.5 Å². The van der Waals surface area contributed by atoms with Gasteiger partial charge in [0, 0.05) is 53.2 Å². The Morgan fingerprint density at radius 3 is 1.02 bits per heavy atom. The van der Waals surface area contributed by atoms with Crippen molar-refractivity contribution in [1.29, 1.82) is 0 Å². The summed E-state index contributed by atoms with van der Waals surface area (Å²) in [4.78, 5) is 119. The number of hydrogen-bond acceptors (Lipinski definition) is 28. The van der Waals surface area contributed by atoms with E-state index in [-0.39, 0.29) is 148 Å². The minimum atomic E-state index is -3.56. The average molecular weight is 1870 g/mol. The van der Waals surface area contributed by atoms with Crippen LogP contribution in [-0.4, -0.2) is 182 Å². The monoisotopic (exact) mass is 1870 g/mol. The first-order valence-electron chi connectivity index (χ1n) is 48.0. The number of hydrogen-bond donors (Lipinski definition) is 2. The molecule has 14 atom stereocenters. The van der Waals surface area contributed by atoms with E-state index in [1.54, 1.807) is 27.7 Å². The van der Waals surface area contributed by atoms with Crippen LogP contribution in [0.25, 0.3) is 0 Å². The molecule has 28 nitrogen and oxygen atoms in total. The van der Waals surface area contributed by atoms with Crippen LogP contribution in [0.15, 0.2) is 36.5 Å². The molecule has 2 aliphatic heterocycles. The van der Waals surface area contributed by atoms with Crippen molar-refractivity contribution in [2.24, 2.45) is 111 Å². The average Bonchev–Trinajstić information content (AvgIpc) is 1.57. The van der Waals surface area contributed by atoms with Crippen LogP contribution in [0.1, 0.15) is 324 Å². The number of esters is 10. The lowest BCUT2D eigenvalue weighted by molar-refractivity contribution is -0.225. The molecule has 2 saturated heterocycles. The molecule has 0 aromatic heterocycles. The summed E-state index contributed by atoms with van der Waals surface area (Å²) in [6.45, 7) is 37.2. The van der Waals surface area contributed by atoms with Gasteiger partial charge < -0.3 is 57.6 Å². The summed E-state index contributed by atoms with van der Waals surface area (Å²) in [6.07, 6.45) is 25.8. The Balaban J connectivity index is 0.000000152. The maximum absolute atomic E-state index is 12.5. The third-order valence-electron chi connectivity index (χ3n) is 33.7. The first-order chi connectivity index (χ1) is 59.7. The topological polar surface area (TPSA) is 390 Å². The number of carbonyl (C=O) groups excluding carboxylic acids is 10.